The van der Waals surface area contributed by atoms with Gasteiger partial charge in [0.05, 0.1) is 23.4 Å². The van der Waals surface area contributed by atoms with E-state index in [1.54, 1.807) is 24.3 Å². The standard InChI is InChI=1S/C20H16ClFN2O4S/c21-15-6-9-19(18(22)12-15)24-20(25)10-5-14-3-7-17(8-4-14)29(26,27)23-13-16-2-1-11-28-16/h1-12,23H,13H2,(H,24,25)/b10-5+. The molecule has 0 unspecified atom stereocenters. The van der Waals surface area contributed by atoms with Gasteiger partial charge in [-0.15, -0.1) is 0 Å². The second-order valence-corrected chi connectivity index (χ2v) is 8.12. The summed E-state index contributed by atoms with van der Waals surface area (Å²) < 4.78 is 45.8. The molecule has 1 aromatic heterocycles. The molecular weight excluding hydrogens is 419 g/mol. The second-order valence-electron chi connectivity index (χ2n) is 5.92. The van der Waals surface area contributed by atoms with Crippen molar-refractivity contribution in [3.05, 3.63) is 89.1 Å². The minimum absolute atomic E-state index is 0.00752. The maximum Gasteiger partial charge on any atom is 0.248 e. The van der Waals surface area contributed by atoms with Gasteiger partial charge in [-0.25, -0.2) is 17.5 Å². The van der Waals surface area contributed by atoms with Crippen LogP contribution in [0, 0.1) is 5.82 Å². The monoisotopic (exact) mass is 434 g/mol. The first-order valence-corrected chi connectivity index (χ1v) is 10.3. The van der Waals surface area contributed by atoms with E-state index in [0.29, 0.717) is 11.3 Å². The van der Waals surface area contributed by atoms with Crippen molar-refractivity contribution >= 4 is 39.3 Å². The number of furan rings is 1. The van der Waals surface area contributed by atoms with Crippen LogP contribution in [0.1, 0.15) is 11.3 Å². The smallest absolute Gasteiger partial charge is 0.248 e. The number of rotatable bonds is 7. The summed E-state index contributed by atoms with van der Waals surface area (Å²) in [5, 5.41) is 2.63. The summed E-state index contributed by atoms with van der Waals surface area (Å²) in [6.45, 7) is 0.0401. The number of anilines is 1. The Kier molecular flexibility index (Phi) is 6.48. The third-order valence-electron chi connectivity index (χ3n) is 3.82. The van der Waals surface area contributed by atoms with Gasteiger partial charge in [-0.3, -0.25) is 4.79 Å². The van der Waals surface area contributed by atoms with Gasteiger partial charge in [0.15, 0.2) is 0 Å². The quantitative estimate of drug-likeness (QED) is 0.545. The molecule has 29 heavy (non-hydrogen) atoms. The first-order valence-electron chi connectivity index (χ1n) is 8.40. The number of carbonyl (C=O) groups is 1. The van der Waals surface area contributed by atoms with Crippen molar-refractivity contribution in [2.24, 2.45) is 0 Å². The maximum absolute atomic E-state index is 13.7. The molecule has 0 aliphatic rings. The average Bonchev–Trinajstić information content (AvgIpc) is 3.21. The van der Waals surface area contributed by atoms with E-state index in [1.165, 1.54) is 42.7 Å². The molecular formula is C20H16ClFN2O4S. The highest BCUT2D eigenvalue weighted by atomic mass is 35.5. The van der Waals surface area contributed by atoms with E-state index in [2.05, 4.69) is 10.0 Å². The number of amides is 1. The highest BCUT2D eigenvalue weighted by Gasteiger charge is 2.14. The van der Waals surface area contributed by atoms with Gasteiger partial charge in [-0.2, -0.15) is 0 Å². The molecule has 0 saturated carbocycles. The Hall–Kier alpha value is -2.94. The number of carbonyl (C=O) groups excluding carboxylic acids is 1. The highest BCUT2D eigenvalue weighted by molar-refractivity contribution is 7.89. The predicted molar refractivity (Wildman–Crippen MR) is 108 cm³/mol. The fourth-order valence-corrected chi connectivity index (χ4v) is 3.51. The second kappa shape index (κ2) is 9.04. The van der Waals surface area contributed by atoms with Gasteiger partial charge in [0, 0.05) is 11.1 Å². The van der Waals surface area contributed by atoms with E-state index in [9.17, 15) is 17.6 Å². The predicted octanol–water partition coefficient (Wildman–Crippen LogP) is 4.20. The van der Waals surface area contributed by atoms with Crippen LogP contribution in [0.3, 0.4) is 0 Å². The SMILES string of the molecule is O=C(/C=C/c1ccc(S(=O)(=O)NCc2ccco2)cc1)Nc1ccc(Cl)cc1F. The molecule has 3 aromatic rings. The molecule has 1 heterocycles. The molecule has 1 amide bonds. The van der Waals surface area contributed by atoms with E-state index in [0.717, 1.165) is 6.07 Å². The summed E-state index contributed by atoms with van der Waals surface area (Å²) in [6, 6.07) is 13.2. The van der Waals surface area contributed by atoms with E-state index in [4.69, 9.17) is 16.0 Å². The molecule has 0 atom stereocenters. The number of hydrogen-bond acceptors (Lipinski definition) is 4. The van der Waals surface area contributed by atoms with Crippen molar-refractivity contribution in [2.45, 2.75) is 11.4 Å². The summed E-state index contributed by atoms with van der Waals surface area (Å²) in [6.07, 6.45) is 4.16. The van der Waals surface area contributed by atoms with Gasteiger partial charge >= 0.3 is 0 Å². The van der Waals surface area contributed by atoms with Gasteiger partial charge in [0.1, 0.15) is 11.6 Å². The number of hydrogen-bond donors (Lipinski definition) is 2. The lowest BCUT2D eigenvalue weighted by molar-refractivity contribution is -0.111. The lowest BCUT2D eigenvalue weighted by Crippen LogP contribution is -2.22. The molecule has 2 N–H and O–H groups in total. The minimum atomic E-state index is -3.70. The maximum atomic E-state index is 13.7. The van der Waals surface area contributed by atoms with Crippen LogP contribution >= 0.6 is 11.6 Å². The van der Waals surface area contributed by atoms with E-state index >= 15 is 0 Å². The van der Waals surface area contributed by atoms with Crippen molar-refractivity contribution in [2.75, 3.05) is 5.32 Å². The largest absolute Gasteiger partial charge is 0.468 e. The molecule has 150 valence electrons. The van der Waals surface area contributed by atoms with E-state index in [1.807, 2.05) is 0 Å². The van der Waals surface area contributed by atoms with Crippen LogP contribution in [0.4, 0.5) is 10.1 Å². The first-order chi connectivity index (χ1) is 13.8. The molecule has 0 fully saturated rings. The number of halogens is 2. The van der Waals surface area contributed by atoms with Gasteiger partial charge in [0.2, 0.25) is 15.9 Å². The van der Waals surface area contributed by atoms with Gasteiger partial charge in [0.25, 0.3) is 0 Å². The summed E-state index contributed by atoms with van der Waals surface area (Å²) >= 11 is 5.67. The van der Waals surface area contributed by atoms with Gasteiger partial charge in [-0.1, -0.05) is 23.7 Å². The van der Waals surface area contributed by atoms with Crippen LogP contribution < -0.4 is 10.0 Å². The molecule has 0 aliphatic heterocycles. The Labute approximate surface area is 172 Å². The zero-order valence-corrected chi connectivity index (χ0v) is 16.5. The molecule has 3 rings (SSSR count). The van der Waals surface area contributed by atoms with Crippen LogP contribution in [0.25, 0.3) is 6.08 Å². The van der Waals surface area contributed by atoms with Gasteiger partial charge < -0.3 is 9.73 Å². The fourth-order valence-electron chi connectivity index (χ4n) is 2.36. The van der Waals surface area contributed by atoms with E-state index in [-0.39, 0.29) is 22.2 Å². The minimum Gasteiger partial charge on any atom is -0.468 e. The fraction of sp³-hybridized carbons (Fsp3) is 0.0500. The Morgan fingerprint density at radius 2 is 1.90 bits per heavy atom. The molecule has 0 bridgehead atoms. The third kappa shape index (κ3) is 5.77. The summed E-state index contributed by atoms with van der Waals surface area (Å²) in [4.78, 5) is 12.0. The number of nitrogens with one attached hydrogen (secondary N) is 2. The van der Waals surface area contributed by atoms with Gasteiger partial charge in [-0.05, 0) is 54.1 Å². The normalized spacial score (nSPS) is 11.7. The highest BCUT2D eigenvalue weighted by Crippen LogP contribution is 2.19. The number of sulfonamides is 1. The molecule has 0 radical (unpaired) electrons. The van der Waals surface area contributed by atoms with Crippen LogP contribution in [0.15, 0.2) is 76.2 Å². The van der Waals surface area contributed by atoms with Crippen molar-refractivity contribution in [1.29, 1.82) is 0 Å². The molecule has 0 spiro atoms. The number of benzene rings is 2. The summed E-state index contributed by atoms with van der Waals surface area (Å²) in [7, 11) is -3.70. The van der Waals surface area contributed by atoms with Crippen molar-refractivity contribution in [3.63, 3.8) is 0 Å². The zero-order chi connectivity index (χ0) is 20.9. The average molecular weight is 435 g/mol. The Balaban J connectivity index is 1.61. The Bertz CT molecular complexity index is 1130. The van der Waals surface area contributed by atoms with Crippen molar-refractivity contribution in [1.82, 2.24) is 4.72 Å². The van der Waals surface area contributed by atoms with Crippen molar-refractivity contribution < 1.29 is 22.0 Å². The molecule has 0 aliphatic carbocycles. The Morgan fingerprint density at radius 3 is 2.55 bits per heavy atom. The molecule has 0 saturated heterocycles. The summed E-state index contributed by atoms with van der Waals surface area (Å²) in [5.41, 5.74) is 0.606. The zero-order valence-electron chi connectivity index (χ0n) is 14.9. The lowest BCUT2D eigenvalue weighted by atomic mass is 10.2. The Morgan fingerprint density at radius 1 is 1.14 bits per heavy atom. The van der Waals surface area contributed by atoms with E-state index < -0.39 is 21.7 Å². The van der Waals surface area contributed by atoms with Crippen LogP contribution in [0.5, 0.6) is 0 Å². The van der Waals surface area contributed by atoms with Crippen LogP contribution in [-0.2, 0) is 21.4 Å². The lowest BCUT2D eigenvalue weighted by Gasteiger charge is -2.06. The molecule has 2 aromatic carbocycles. The van der Waals surface area contributed by atoms with Crippen LogP contribution in [-0.4, -0.2) is 14.3 Å². The van der Waals surface area contributed by atoms with Crippen LogP contribution in [0.2, 0.25) is 5.02 Å². The summed E-state index contributed by atoms with van der Waals surface area (Å²) in [5.74, 6) is -0.685. The topological polar surface area (TPSA) is 88.4 Å². The molecule has 9 heteroatoms. The molecule has 6 nitrogen and oxygen atoms in total. The first kappa shape index (κ1) is 20.8. The third-order valence-corrected chi connectivity index (χ3v) is 5.48. The van der Waals surface area contributed by atoms with Crippen molar-refractivity contribution in [3.8, 4) is 0 Å².